The van der Waals surface area contributed by atoms with Crippen molar-refractivity contribution in [2.45, 2.75) is 142 Å². The molecule has 3 unspecified atom stereocenters. The van der Waals surface area contributed by atoms with Crippen molar-refractivity contribution in [2.75, 3.05) is 45.8 Å². The van der Waals surface area contributed by atoms with Gasteiger partial charge in [-0.25, -0.2) is 5.43 Å². The molecule has 1 saturated carbocycles. The second kappa shape index (κ2) is 18.6. The number of nitrogens with one attached hydrogen (secondary N) is 2. The molecular formula is C52H69N7O7S. The maximum absolute atomic E-state index is 14.7. The molecule has 2 aliphatic carbocycles. The van der Waals surface area contributed by atoms with Gasteiger partial charge >= 0.3 is 5.97 Å². The lowest BCUT2D eigenvalue weighted by molar-refractivity contribution is -0.156. The van der Waals surface area contributed by atoms with Gasteiger partial charge in [-0.2, -0.15) is 0 Å². The van der Waals surface area contributed by atoms with Gasteiger partial charge in [0.2, 0.25) is 5.91 Å². The number of piperidine rings is 1. The van der Waals surface area contributed by atoms with Crippen molar-refractivity contribution < 1.29 is 33.3 Å². The second-order valence-electron chi connectivity index (χ2n) is 20.9. The Bertz CT molecular complexity index is 2460. The van der Waals surface area contributed by atoms with Crippen LogP contribution in [0.1, 0.15) is 121 Å². The molecule has 3 saturated heterocycles. The highest BCUT2D eigenvalue weighted by Crippen LogP contribution is 2.48. The molecule has 15 heteroatoms. The van der Waals surface area contributed by atoms with Gasteiger partial charge in [0.05, 0.1) is 55.4 Å². The van der Waals surface area contributed by atoms with Crippen molar-refractivity contribution in [2.24, 2.45) is 28.2 Å². The molecule has 0 spiro atoms. The normalized spacial score (nSPS) is 32.0. The molecule has 7 heterocycles. The summed E-state index contributed by atoms with van der Waals surface area (Å²) in [5.74, 6) is 0.352. The highest BCUT2D eigenvalue weighted by Gasteiger charge is 2.51. The number of aliphatic imine (C=N–C) groups is 1. The van der Waals surface area contributed by atoms with Crippen molar-refractivity contribution >= 4 is 45.5 Å². The molecule has 14 nitrogen and oxygen atoms in total. The number of rotatable bonds is 10. The van der Waals surface area contributed by atoms with E-state index in [1.807, 2.05) is 6.92 Å². The van der Waals surface area contributed by atoms with Gasteiger partial charge < -0.3 is 33.7 Å². The maximum atomic E-state index is 14.7. The summed E-state index contributed by atoms with van der Waals surface area (Å²) in [6, 6.07) is 7.86. The minimum absolute atomic E-state index is 0.160. The first-order valence-electron chi connectivity index (χ1n) is 24.9. The maximum Gasteiger partial charge on any atom is 0.324 e. The number of thioether (sulfide) groups is 1. The highest BCUT2D eigenvalue weighted by atomic mass is 32.2. The van der Waals surface area contributed by atoms with Gasteiger partial charge in [-0.3, -0.25) is 29.4 Å². The Morgan fingerprint density at radius 1 is 1.09 bits per heavy atom. The Labute approximate surface area is 399 Å². The standard InChI is InChI=1S/C52H69N7O7S/c1-9-57-42-16-13-31-20-37(42)39(46(57)38-21-33(23-53-44(38)30(5)63-8)32-18-35-24-64-25-36(19-32)59(35)34-14-15-34)22-52(6,7)27-66-51(62)40-12-11-17-58(56-40)50(61)45(55-48(60)43-28(3)29(43)4)47(65-10-2)49-54-41(31)26-67-49/h13-14,16,20-21,23,28-30,32,35-36,40-41,43,45,47,56H,9-12,15,17-19,22,24-27H2,1-8H3,(H,55,60)/t28-,29+,30-,32?,35-,36+,40-,41?,43?,45-,47-/m0/s1. The molecule has 2 N–H and O–H groups in total. The molecule has 4 fully saturated rings. The summed E-state index contributed by atoms with van der Waals surface area (Å²) in [7, 11) is 1.75. The van der Waals surface area contributed by atoms with Crippen LogP contribution in [0, 0.1) is 23.2 Å². The van der Waals surface area contributed by atoms with Gasteiger partial charge in [-0.1, -0.05) is 39.8 Å². The van der Waals surface area contributed by atoms with Crippen LogP contribution in [0.15, 0.2) is 47.2 Å². The molecule has 0 radical (unpaired) electrons. The van der Waals surface area contributed by atoms with E-state index in [9.17, 15) is 14.4 Å². The molecule has 2 aromatic heterocycles. The number of carbonyl (C=O) groups is 3. The lowest BCUT2D eigenvalue weighted by Gasteiger charge is -2.49. The molecule has 360 valence electrons. The van der Waals surface area contributed by atoms with E-state index in [1.165, 1.54) is 21.8 Å². The van der Waals surface area contributed by atoms with Crippen LogP contribution >= 0.6 is 11.8 Å². The van der Waals surface area contributed by atoms with Crippen LogP contribution in [0.5, 0.6) is 0 Å². The van der Waals surface area contributed by atoms with E-state index in [-0.39, 0.29) is 48.3 Å². The third-order valence-electron chi connectivity index (χ3n) is 15.8. The van der Waals surface area contributed by atoms with E-state index in [0.717, 1.165) is 72.4 Å². The number of nitrogens with zero attached hydrogens (tertiary/aromatic N) is 5. The molecule has 1 aromatic carbocycles. The number of hydrogen-bond acceptors (Lipinski definition) is 12. The zero-order valence-corrected chi connectivity index (χ0v) is 41.3. The zero-order chi connectivity index (χ0) is 46.9. The summed E-state index contributed by atoms with van der Waals surface area (Å²) in [4.78, 5) is 55.9. The van der Waals surface area contributed by atoms with Gasteiger partial charge in [-0.15, -0.1) is 11.8 Å². The van der Waals surface area contributed by atoms with Crippen molar-refractivity contribution in [1.29, 1.82) is 0 Å². The molecule has 3 aromatic rings. The van der Waals surface area contributed by atoms with Gasteiger partial charge in [0, 0.05) is 78.7 Å². The Morgan fingerprint density at radius 3 is 2.54 bits per heavy atom. The average Bonchev–Trinajstić information content (AvgIpc) is 4.18. The summed E-state index contributed by atoms with van der Waals surface area (Å²) in [5, 5.41) is 6.43. The molecular weight excluding hydrogens is 867 g/mol. The van der Waals surface area contributed by atoms with Crippen LogP contribution in [0.25, 0.3) is 22.2 Å². The number of cyclic esters (lactones) is 1. The number of benzene rings is 1. The van der Waals surface area contributed by atoms with Gasteiger partial charge in [-0.05, 0) is 106 Å². The smallest absolute Gasteiger partial charge is 0.324 e. The molecule has 10 rings (SSSR count). The predicted octanol–water partition coefficient (Wildman–Crippen LogP) is 7.26. The van der Waals surface area contributed by atoms with Crippen LogP contribution in [-0.4, -0.2) is 118 Å². The SMILES string of the molecule is CCO[C@@H]1C2=NC(CS2)c2ccc3c(c2)c(c(-c2cc(C4C[C@H]5COC[C@@H](C4)N5C4=CC4)cnc2[C@H](C)OC)n3CC)CC(C)(C)COC(=O)[C@@H]2CCCN(N2)C(=O)[C@H]1NC(=O)C1[C@@H](C)[C@H]1C. The summed E-state index contributed by atoms with van der Waals surface area (Å²) in [6.07, 6.45) is 8.20. The number of amides is 2. The monoisotopic (exact) mass is 935 g/mol. The number of aromatic nitrogens is 2. The van der Waals surface area contributed by atoms with Crippen LogP contribution in [0.4, 0.5) is 0 Å². The number of hydrogen-bond donors (Lipinski definition) is 2. The Hall–Kier alpha value is -4.28. The fourth-order valence-corrected chi connectivity index (χ4v) is 12.9. The number of pyridine rings is 1. The van der Waals surface area contributed by atoms with Crippen LogP contribution in [0.2, 0.25) is 0 Å². The highest BCUT2D eigenvalue weighted by molar-refractivity contribution is 8.14. The number of morpholine rings is 1. The van der Waals surface area contributed by atoms with Crippen molar-refractivity contribution in [3.8, 4) is 11.3 Å². The van der Waals surface area contributed by atoms with Gasteiger partial charge in [0.1, 0.15) is 23.2 Å². The predicted molar refractivity (Wildman–Crippen MR) is 259 cm³/mol. The fourth-order valence-electron chi connectivity index (χ4n) is 11.8. The largest absolute Gasteiger partial charge is 0.464 e. The first-order valence-corrected chi connectivity index (χ1v) is 25.9. The van der Waals surface area contributed by atoms with Gasteiger partial charge in [0.25, 0.3) is 5.91 Å². The second-order valence-corrected chi connectivity index (χ2v) is 22.0. The lowest BCUT2D eigenvalue weighted by atomic mass is 9.80. The Balaban J connectivity index is 1.09. The Morgan fingerprint density at radius 2 is 1.85 bits per heavy atom. The number of fused-ring (bicyclic) bond motifs is 7. The van der Waals surface area contributed by atoms with Crippen molar-refractivity contribution in [3.05, 3.63) is 64.6 Å². The summed E-state index contributed by atoms with van der Waals surface area (Å²) in [6.45, 7) is 17.7. The third kappa shape index (κ3) is 8.85. The number of aryl methyl sites for hydroxylation is 1. The number of ether oxygens (including phenoxy) is 4. The molecule has 67 heavy (non-hydrogen) atoms. The molecule has 2 amide bonds. The van der Waals surface area contributed by atoms with E-state index >= 15 is 0 Å². The van der Waals surface area contributed by atoms with Crippen LogP contribution in [-0.2, 0) is 46.3 Å². The van der Waals surface area contributed by atoms with Crippen molar-refractivity contribution in [1.82, 2.24) is 30.2 Å². The molecule has 7 aliphatic rings. The third-order valence-corrected chi connectivity index (χ3v) is 16.9. The van der Waals surface area contributed by atoms with Crippen LogP contribution in [0.3, 0.4) is 0 Å². The van der Waals surface area contributed by atoms with E-state index in [2.05, 4.69) is 98.3 Å². The minimum atomic E-state index is -1.04. The lowest BCUT2D eigenvalue weighted by Crippen LogP contribution is -2.63. The number of esters is 1. The minimum Gasteiger partial charge on any atom is -0.464 e. The van der Waals surface area contributed by atoms with E-state index in [4.69, 9.17) is 28.9 Å². The first kappa shape index (κ1) is 46.4. The fraction of sp³-hybridized carbons (Fsp3) is 0.635. The summed E-state index contributed by atoms with van der Waals surface area (Å²) < 4.78 is 27.3. The number of methoxy groups -OCH3 is 1. The zero-order valence-electron chi connectivity index (χ0n) is 40.5. The van der Waals surface area contributed by atoms with E-state index < -0.39 is 29.6 Å². The molecule has 8 bridgehead atoms. The summed E-state index contributed by atoms with van der Waals surface area (Å²) >= 11 is 1.58. The average molecular weight is 936 g/mol. The number of carbonyl (C=O) groups excluding carboxylic acids is 3. The summed E-state index contributed by atoms with van der Waals surface area (Å²) in [5.41, 5.74) is 11.9. The van der Waals surface area contributed by atoms with Crippen molar-refractivity contribution in [3.63, 3.8) is 0 Å². The molecule has 11 atom stereocenters. The first-order chi connectivity index (χ1) is 32.3. The van der Waals surface area contributed by atoms with Gasteiger partial charge in [0.15, 0.2) is 0 Å². The Kier molecular flexibility index (Phi) is 12.9. The quantitative estimate of drug-likeness (QED) is 0.198. The molecule has 5 aliphatic heterocycles. The number of allylic oxidation sites excluding steroid dienone is 2. The van der Waals surface area contributed by atoms with Crippen LogP contribution < -0.4 is 10.7 Å². The number of hydrazine groups is 1. The topological polar surface area (TPSA) is 149 Å². The van der Waals surface area contributed by atoms with E-state index in [0.29, 0.717) is 61.2 Å². The van der Waals surface area contributed by atoms with E-state index in [1.54, 1.807) is 18.9 Å².